The fourth-order valence-electron chi connectivity index (χ4n) is 4.01. The molecule has 0 aliphatic rings. The molecule has 0 aliphatic carbocycles. The molecule has 0 atom stereocenters. The van der Waals surface area contributed by atoms with E-state index in [0.29, 0.717) is 30.3 Å². The molecule has 2 N–H and O–H groups in total. The van der Waals surface area contributed by atoms with Crippen molar-refractivity contribution < 1.29 is 14.3 Å². The van der Waals surface area contributed by atoms with Gasteiger partial charge >= 0.3 is 5.97 Å². The number of benzene rings is 3. The van der Waals surface area contributed by atoms with Crippen LogP contribution in [-0.4, -0.2) is 22.5 Å². The molecule has 0 spiro atoms. The van der Waals surface area contributed by atoms with Crippen molar-refractivity contribution in [3.8, 4) is 17.0 Å². The Morgan fingerprint density at radius 3 is 2.63 bits per heavy atom. The van der Waals surface area contributed by atoms with Gasteiger partial charge in [-0.25, -0.2) is 9.78 Å². The van der Waals surface area contributed by atoms with Gasteiger partial charge in [0.2, 0.25) is 5.88 Å². The number of carbonyl (C=O) groups excluding carboxylic acids is 1. The first kappa shape index (κ1) is 22.2. The van der Waals surface area contributed by atoms with E-state index < -0.39 is 0 Å². The number of nitrogens with one attached hydrogen (secondary N) is 2. The fraction of sp³-hybridized carbons (Fsp3) is 0.103. The summed E-state index contributed by atoms with van der Waals surface area (Å²) in [4.78, 5) is 20.4. The number of H-pyrrole nitrogens is 1. The Morgan fingerprint density at radius 2 is 1.77 bits per heavy atom. The number of aromatic amines is 1. The molecule has 6 heteroatoms. The van der Waals surface area contributed by atoms with Gasteiger partial charge in [-0.3, -0.25) is 0 Å². The summed E-state index contributed by atoms with van der Waals surface area (Å²) in [6.45, 7) is 2.51. The van der Waals surface area contributed by atoms with Gasteiger partial charge in [0.25, 0.3) is 0 Å². The number of hydrogen-bond donors (Lipinski definition) is 2. The number of anilines is 2. The van der Waals surface area contributed by atoms with Crippen molar-refractivity contribution in [3.63, 3.8) is 0 Å². The third-order valence-electron chi connectivity index (χ3n) is 5.66. The number of rotatable bonds is 8. The predicted octanol–water partition coefficient (Wildman–Crippen LogP) is 6.73. The van der Waals surface area contributed by atoms with Gasteiger partial charge in [0.15, 0.2) is 0 Å². The molecule has 0 bridgehead atoms. The van der Waals surface area contributed by atoms with Crippen LogP contribution >= 0.6 is 0 Å². The van der Waals surface area contributed by atoms with Crippen molar-refractivity contribution in [2.75, 3.05) is 11.9 Å². The number of aromatic nitrogens is 2. The van der Waals surface area contributed by atoms with Gasteiger partial charge in [-0.1, -0.05) is 54.6 Å². The van der Waals surface area contributed by atoms with Gasteiger partial charge in [0.05, 0.1) is 29.7 Å². The van der Waals surface area contributed by atoms with Gasteiger partial charge in [0.1, 0.15) is 6.61 Å². The molecule has 174 valence electrons. The molecule has 0 saturated heterocycles. The number of pyridine rings is 1. The first-order valence-corrected chi connectivity index (χ1v) is 11.5. The number of ether oxygens (including phenoxy) is 2. The topological polar surface area (TPSA) is 76.2 Å². The maximum absolute atomic E-state index is 12.4. The van der Waals surface area contributed by atoms with Gasteiger partial charge in [-0.05, 0) is 48.4 Å². The Morgan fingerprint density at radius 1 is 0.943 bits per heavy atom. The zero-order chi connectivity index (χ0) is 24.0. The first-order chi connectivity index (χ1) is 17.2. The standard InChI is InChI=1S/C29H25N3O3/c1-2-34-29(33)24-11-6-7-13-27(24)32-21-17-25(22-12-8-14-26-23(22)15-16-30-26)28(31-18-21)35-19-20-9-4-3-5-10-20/h3-18,30,32H,2,19H2,1H3. The lowest BCUT2D eigenvalue weighted by Crippen LogP contribution is -2.08. The Hall–Kier alpha value is -4.58. The number of hydrogen-bond acceptors (Lipinski definition) is 5. The zero-order valence-electron chi connectivity index (χ0n) is 19.3. The smallest absolute Gasteiger partial charge is 0.340 e. The minimum absolute atomic E-state index is 0.312. The Kier molecular flexibility index (Phi) is 6.44. The lowest BCUT2D eigenvalue weighted by molar-refractivity contribution is 0.0527. The highest BCUT2D eigenvalue weighted by Crippen LogP contribution is 2.36. The Balaban J connectivity index is 1.53. The lowest BCUT2D eigenvalue weighted by atomic mass is 10.0. The summed E-state index contributed by atoms with van der Waals surface area (Å²) >= 11 is 0. The van der Waals surface area contributed by atoms with Crippen molar-refractivity contribution in [2.24, 2.45) is 0 Å². The molecule has 0 amide bonds. The molecule has 3 aromatic carbocycles. The maximum Gasteiger partial charge on any atom is 0.340 e. The van der Waals surface area contributed by atoms with E-state index in [-0.39, 0.29) is 5.97 Å². The van der Waals surface area contributed by atoms with E-state index in [0.717, 1.165) is 33.3 Å². The molecule has 0 saturated carbocycles. The monoisotopic (exact) mass is 463 g/mol. The summed E-state index contributed by atoms with van der Waals surface area (Å²) in [7, 11) is 0. The van der Waals surface area contributed by atoms with Gasteiger partial charge < -0.3 is 19.8 Å². The van der Waals surface area contributed by atoms with Crippen LogP contribution in [-0.2, 0) is 11.3 Å². The van der Waals surface area contributed by atoms with Crippen molar-refractivity contribution in [2.45, 2.75) is 13.5 Å². The molecular formula is C29H25N3O3. The average molecular weight is 464 g/mol. The summed E-state index contributed by atoms with van der Waals surface area (Å²) in [6, 6.07) is 27.4. The zero-order valence-corrected chi connectivity index (χ0v) is 19.3. The quantitative estimate of drug-likeness (QED) is 0.250. The third kappa shape index (κ3) is 4.87. The lowest BCUT2D eigenvalue weighted by Gasteiger charge is -2.15. The van der Waals surface area contributed by atoms with Crippen LogP contribution in [0, 0.1) is 0 Å². The molecule has 2 heterocycles. The second-order valence-corrected chi connectivity index (χ2v) is 7.99. The molecule has 35 heavy (non-hydrogen) atoms. The van der Waals surface area contributed by atoms with E-state index in [1.54, 1.807) is 19.2 Å². The summed E-state index contributed by atoms with van der Waals surface area (Å²) < 4.78 is 11.4. The molecule has 0 fully saturated rings. The summed E-state index contributed by atoms with van der Waals surface area (Å²) in [5, 5.41) is 4.41. The van der Waals surface area contributed by atoms with E-state index in [9.17, 15) is 4.79 Å². The van der Waals surface area contributed by atoms with E-state index in [1.807, 2.05) is 79.0 Å². The van der Waals surface area contributed by atoms with Crippen molar-refractivity contribution >= 4 is 28.2 Å². The molecule has 0 unspecified atom stereocenters. The molecule has 2 aromatic heterocycles. The van der Waals surface area contributed by atoms with Crippen LogP contribution in [0.2, 0.25) is 0 Å². The van der Waals surface area contributed by atoms with Crippen molar-refractivity contribution in [1.29, 1.82) is 0 Å². The van der Waals surface area contributed by atoms with Crippen LogP contribution in [0.5, 0.6) is 5.88 Å². The number of nitrogens with zero attached hydrogens (tertiary/aromatic N) is 1. The number of para-hydroxylation sites is 1. The second-order valence-electron chi connectivity index (χ2n) is 7.99. The van der Waals surface area contributed by atoms with Gasteiger partial charge in [0, 0.05) is 22.7 Å². The van der Waals surface area contributed by atoms with Gasteiger partial charge in [-0.15, -0.1) is 0 Å². The minimum Gasteiger partial charge on any atom is -0.472 e. The molecule has 5 aromatic rings. The van der Waals surface area contributed by atoms with Crippen LogP contribution in [0.4, 0.5) is 11.4 Å². The molecule has 6 nitrogen and oxygen atoms in total. The Bertz CT molecular complexity index is 1460. The molecule has 5 rings (SSSR count). The van der Waals surface area contributed by atoms with Crippen LogP contribution in [0.1, 0.15) is 22.8 Å². The van der Waals surface area contributed by atoms with E-state index in [1.165, 1.54) is 0 Å². The van der Waals surface area contributed by atoms with Crippen molar-refractivity contribution in [3.05, 3.63) is 108 Å². The minimum atomic E-state index is -0.372. The molecular weight excluding hydrogens is 438 g/mol. The van der Waals surface area contributed by atoms with E-state index in [4.69, 9.17) is 9.47 Å². The van der Waals surface area contributed by atoms with Crippen molar-refractivity contribution in [1.82, 2.24) is 9.97 Å². The highest BCUT2D eigenvalue weighted by atomic mass is 16.5. The average Bonchev–Trinajstić information content (AvgIpc) is 3.38. The predicted molar refractivity (Wildman–Crippen MR) is 138 cm³/mol. The number of fused-ring (bicyclic) bond motifs is 1. The van der Waals surface area contributed by atoms with Crippen LogP contribution < -0.4 is 10.1 Å². The largest absolute Gasteiger partial charge is 0.472 e. The SMILES string of the molecule is CCOC(=O)c1ccccc1Nc1cnc(OCc2ccccc2)c(-c2cccc3[nH]ccc23)c1. The van der Waals surface area contributed by atoms with Crippen LogP contribution in [0.3, 0.4) is 0 Å². The summed E-state index contributed by atoms with van der Waals surface area (Å²) in [5.74, 6) is 0.162. The maximum atomic E-state index is 12.4. The highest BCUT2D eigenvalue weighted by molar-refractivity contribution is 5.98. The Labute approximate surface area is 203 Å². The number of esters is 1. The van der Waals surface area contributed by atoms with Crippen LogP contribution in [0.25, 0.3) is 22.0 Å². The second kappa shape index (κ2) is 10.1. The summed E-state index contributed by atoms with van der Waals surface area (Å²) in [6.07, 6.45) is 3.63. The summed E-state index contributed by atoms with van der Waals surface area (Å²) in [5.41, 5.74) is 5.79. The van der Waals surface area contributed by atoms with Gasteiger partial charge in [-0.2, -0.15) is 0 Å². The number of carbonyl (C=O) groups is 1. The van der Waals surface area contributed by atoms with E-state index in [2.05, 4.69) is 21.4 Å². The molecule has 0 radical (unpaired) electrons. The van der Waals surface area contributed by atoms with Crippen LogP contribution in [0.15, 0.2) is 97.3 Å². The fourth-order valence-corrected chi connectivity index (χ4v) is 4.01. The molecule has 0 aliphatic heterocycles. The highest BCUT2D eigenvalue weighted by Gasteiger charge is 2.16. The third-order valence-corrected chi connectivity index (χ3v) is 5.66. The van der Waals surface area contributed by atoms with E-state index >= 15 is 0 Å². The normalized spacial score (nSPS) is 10.8. The first-order valence-electron chi connectivity index (χ1n) is 11.5.